The van der Waals surface area contributed by atoms with Crippen LogP contribution in [0.3, 0.4) is 0 Å². The average Bonchev–Trinajstić information content (AvgIpc) is 2.83. The third-order valence-corrected chi connectivity index (χ3v) is 6.18. The topological polar surface area (TPSA) is 65.7 Å². The van der Waals surface area contributed by atoms with Gasteiger partial charge in [0.05, 0.1) is 24.2 Å². The number of methoxy groups -OCH3 is 1. The van der Waals surface area contributed by atoms with Gasteiger partial charge in [0.1, 0.15) is 12.4 Å². The lowest BCUT2D eigenvalue weighted by molar-refractivity contribution is 0.284. The standard InChI is InChI=1S/C25H20BrCl2N3O3/c1-3-23-30-21-9-8-17(26)11-19(21)25(32)31(23)29-13-16-10-18(27)12-22(33-2)24(16)34-14-15-6-4-5-7-20(15)28/h4-13H,3,14H2,1-2H3. The first-order valence-electron chi connectivity index (χ1n) is 10.4. The number of fused-ring (bicyclic) bond motifs is 1. The Morgan fingerprint density at radius 3 is 2.68 bits per heavy atom. The van der Waals surface area contributed by atoms with Crippen LogP contribution >= 0.6 is 39.1 Å². The molecular weight excluding hydrogens is 541 g/mol. The predicted octanol–water partition coefficient (Wildman–Crippen LogP) is 6.50. The predicted molar refractivity (Wildman–Crippen MR) is 140 cm³/mol. The third kappa shape index (κ3) is 5.12. The second-order valence-electron chi connectivity index (χ2n) is 7.31. The zero-order valence-corrected chi connectivity index (χ0v) is 21.5. The first-order chi connectivity index (χ1) is 16.4. The fourth-order valence-corrected chi connectivity index (χ4v) is 4.19. The lowest BCUT2D eigenvalue weighted by Crippen LogP contribution is -2.22. The summed E-state index contributed by atoms with van der Waals surface area (Å²) in [5.41, 5.74) is 1.70. The molecule has 0 fully saturated rings. The van der Waals surface area contributed by atoms with E-state index in [1.807, 2.05) is 31.2 Å². The molecule has 0 atom stereocenters. The van der Waals surface area contributed by atoms with Crippen molar-refractivity contribution in [3.05, 3.63) is 96.4 Å². The molecule has 9 heteroatoms. The summed E-state index contributed by atoms with van der Waals surface area (Å²) >= 11 is 16.0. The molecule has 0 spiro atoms. The maximum Gasteiger partial charge on any atom is 0.282 e. The van der Waals surface area contributed by atoms with Crippen molar-refractivity contribution in [1.29, 1.82) is 0 Å². The molecule has 34 heavy (non-hydrogen) atoms. The number of rotatable bonds is 7. The van der Waals surface area contributed by atoms with Gasteiger partial charge in [-0.3, -0.25) is 4.79 Å². The molecule has 0 amide bonds. The van der Waals surface area contributed by atoms with Crippen molar-refractivity contribution in [2.45, 2.75) is 20.0 Å². The highest BCUT2D eigenvalue weighted by Gasteiger charge is 2.14. The molecule has 4 aromatic rings. The Labute approximate surface area is 214 Å². The number of hydrogen-bond acceptors (Lipinski definition) is 5. The van der Waals surface area contributed by atoms with Crippen LogP contribution in [0.1, 0.15) is 23.9 Å². The summed E-state index contributed by atoms with van der Waals surface area (Å²) in [6.07, 6.45) is 2.04. The SMILES string of the molecule is CCc1nc2ccc(Br)cc2c(=O)n1N=Cc1cc(Cl)cc(OC)c1OCc1ccccc1Cl. The van der Waals surface area contributed by atoms with E-state index < -0.39 is 0 Å². The van der Waals surface area contributed by atoms with Gasteiger partial charge in [0.25, 0.3) is 5.56 Å². The second kappa shape index (κ2) is 10.6. The van der Waals surface area contributed by atoms with Gasteiger partial charge >= 0.3 is 0 Å². The van der Waals surface area contributed by atoms with Gasteiger partial charge in [-0.05, 0) is 30.3 Å². The van der Waals surface area contributed by atoms with Gasteiger partial charge in [-0.1, -0.05) is 64.3 Å². The summed E-state index contributed by atoms with van der Waals surface area (Å²) in [7, 11) is 1.53. The quantitative estimate of drug-likeness (QED) is 0.242. The van der Waals surface area contributed by atoms with Crippen LogP contribution in [0.25, 0.3) is 10.9 Å². The molecule has 0 bridgehead atoms. The number of hydrogen-bond donors (Lipinski definition) is 0. The van der Waals surface area contributed by atoms with Crippen molar-refractivity contribution in [2.24, 2.45) is 5.10 Å². The Kier molecular flexibility index (Phi) is 7.56. The molecule has 3 aromatic carbocycles. The van der Waals surface area contributed by atoms with E-state index in [-0.39, 0.29) is 12.2 Å². The maximum atomic E-state index is 13.2. The van der Waals surface area contributed by atoms with Crippen LogP contribution in [0.15, 0.2) is 69.0 Å². The van der Waals surface area contributed by atoms with Crippen LogP contribution in [0.2, 0.25) is 10.0 Å². The van der Waals surface area contributed by atoms with Crippen molar-refractivity contribution >= 4 is 56.2 Å². The number of aromatic nitrogens is 2. The summed E-state index contributed by atoms with van der Waals surface area (Å²) in [6, 6.07) is 16.1. The van der Waals surface area contributed by atoms with Crippen molar-refractivity contribution < 1.29 is 9.47 Å². The summed E-state index contributed by atoms with van der Waals surface area (Å²) in [4.78, 5) is 17.8. The highest BCUT2D eigenvalue weighted by Crippen LogP contribution is 2.35. The lowest BCUT2D eigenvalue weighted by Gasteiger charge is -2.15. The normalized spacial score (nSPS) is 11.3. The third-order valence-electron chi connectivity index (χ3n) is 5.10. The minimum absolute atomic E-state index is 0.213. The van der Waals surface area contributed by atoms with E-state index >= 15 is 0 Å². The number of ether oxygens (including phenoxy) is 2. The zero-order chi connectivity index (χ0) is 24.2. The van der Waals surface area contributed by atoms with E-state index in [9.17, 15) is 4.79 Å². The summed E-state index contributed by atoms with van der Waals surface area (Å²) in [5.74, 6) is 1.39. The molecule has 0 saturated carbocycles. The van der Waals surface area contributed by atoms with E-state index in [0.717, 1.165) is 10.0 Å². The Hall–Kier alpha value is -2.87. The minimum Gasteiger partial charge on any atom is -0.493 e. The number of halogens is 3. The Morgan fingerprint density at radius 2 is 1.94 bits per heavy atom. The fraction of sp³-hybridized carbons (Fsp3) is 0.160. The largest absolute Gasteiger partial charge is 0.493 e. The molecule has 0 N–H and O–H groups in total. The van der Waals surface area contributed by atoms with E-state index in [2.05, 4.69) is 26.0 Å². The molecule has 0 saturated heterocycles. The Bertz CT molecular complexity index is 1450. The van der Waals surface area contributed by atoms with E-state index in [0.29, 0.717) is 50.3 Å². The van der Waals surface area contributed by atoms with Crippen LogP contribution in [0.4, 0.5) is 0 Å². The van der Waals surface area contributed by atoms with Crippen LogP contribution in [-0.2, 0) is 13.0 Å². The second-order valence-corrected chi connectivity index (χ2v) is 9.07. The zero-order valence-electron chi connectivity index (χ0n) is 18.4. The first-order valence-corrected chi connectivity index (χ1v) is 12.0. The number of aryl methyl sites for hydroxylation is 1. The van der Waals surface area contributed by atoms with Crippen molar-refractivity contribution in [3.63, 3.8) is 0 Å². The molecule has 174 valence electrons. The molecule has 0 aliphatic carbocycles. The molecule has 0 unspecified atom stereocenters. The van der Waals surface area contributed by atoms with Gasteiger partial charge in [-0.2, -0.15) is 9.78 Å². The molecule has 1 aromatic heterocycles. The van der Waals surface area contributed by atoms with Gasteiger partial charge in [0.15, 0.2) is 11.5 Å². The van der Waals surface area contributed by atoms with Gasteiger partial charge < -0.3 is 9.47 Å². The van der Waals surface area contributed by atoms with Gasteiger partial charge in [0.2, 0.25) is 0 Å². The highest BCUT2D eigenvalue weighted by atomic mass is 79.9. The van der Waals surface area contributed by atoms with E-state index in [1.54, 1.807) is 30.3 Å². The highest BCUT2D eigenvalue weighted by molar-refractivity contribution is 9.10. The molecule has 1 heterocycles. The number of nitrogens with zero attached hydrogens (tertiary/aromatic N) is 3. The molecule has 0 aliphatic rings. The maximum absolute atomic E-state index is 13.2. The van der Waals surface area contributed by atoms with E-state index in [4.69, 9.17) is 32.7 Å². The fourth-order valence-electron chi connectivity index (χ4n) is 3.42. The van der Waals surface area contributed by atoms with Gasteiger partial charge in [0, 0.05) is 38.1 Å². The van der Waals surface area contributed by atoms with Gasteiger partial charge in [-0.25, -0.2) is 4.98 Å². The Morgan fingerprint density at radius 1 is 1.15 bits per heavy atom. The van der Waals surface area contributed by atoms with Gasteiger partial charge in [-0.15, -0.1) is 0 Å². The average molecular weight is 561 g/mol. The van der Waals surface area contributed by atoms with Crippen molar-refractivity contribution in [2.75, 3.05) is 7.11 Å². The summed E-state index contributed by atoms with van der Waals surface area (Å²) < 4.78 is 13.6. The molecular formula is C25H20BrCl2N3O3. The van der Waals surface area contributed by atoms with Crippen LogP contribution in [-0.4, -0.2) is 23.0 Å². The summed E-state index contributed by atoms with van der Waals surface area (Å²) in [5, 5.41) is 5.95. The van der Waals surface area contributed by atoms with Crippen molar-refractivity contribution in [1.82, 2.24) is 9.66 Å². The molecule has 0 radical (unpaired) electrons. The smallest absolute Gasteiger partial charge is 0.282 e. The monoisotopic (exact) mass is 559 g/mol. The summed E-state index contributed by atoms with van der Waals surface area (Å²) in [6.45, 7) is 2.13. The Balaban J connectivity index is 1.78. The number of benzene rings is 3. The van der Waals surface area contributed by atoms with Crippen LogP contribution in [0, 0.1) is 0 Å². The lowest BCUT2D eigenvalue weighted by atomic mass is 10.2. The molecule has 6 nitrogen and oxygen atoms in total. The first kappa shape index (κ1) is 24.3. The minimum atomic E-state index is -0.271. The van der Waals surface area contributed by atoms with E-state index in [1.165, 1.54) is 18.0 Å². The van der Waals surface area contributed by atoms with Crippen LogP contribution in [0.5, 0.6) is 11.5 Å². The van der Waals surface area contributed by atoms with Crippen LogP contribution < -0.4 is 15.0 Å². The van der Waals surface area contributed by atoms with Crippen molar-refractivity contribution in [3.8, 4) is 11.5 Å². The molecule has 0 aliphatic heterocycles. The molecule has 4 rings (SSSR count).